The van der Waals surface area contributed by atoms with Crippen LogP contribution in [0.4, 0.5) is 11.4 Å². The molecule has 4 N–H and O–H groups in total. The number of ether oxygens (including phenoxy) is 1. The van der Waals surface area contributed by atoms with E-state index in [4.69, 9.17) is 4.74 Å². The summed E-state index contributed by atoms with van der Waals surface area (Å²) in [6.07, 6.45) is -0.863. The molecule has 164 valence electrons. The molecule has 0 spiro atoms. The second-order valence-corrected chi connectivity index (χ2v) is 8.47. The summed E-state index contributed by atoms with van der Waals surface area (Å²) < 4.78 is 33.7. The molecule has 1 atom stereocenters. The normalized spacial score (nSPS) is 14.6. The van der Waals surface area contributed by atoms with Gasteiger partial charge in [-0.05, 0) is 42.8 Å². The fraction of sp³-hybridized carbons (Fsp3) is 0.250. The predicted octanol–water partition coefficient (Wildman–Crippen LogP) is 1.86. The van der Waals surface area contributed by atoms with E-state index in [1.807, 2.05) is 6.92 Å². The topological polar surface area (TPSA) is 151 Å². The Hall–Kier alpha value is -3.44. The number of anilines is 2. The lowest BCUT2D eigenvalue weighted by molar-refractivity contribution is -0.137. The van der Waals surface area contributed by atoms with Gasteiger partial charge in [0.05, 0.1) is 35.3 Å². The summed E-state index contributed by atoms with van der Waals surface area (Å²) in [6.45, 7) is 2.28. The summed E-state index contributed by atoms with van der Waals surface area (Å²) in [5, 5.41) is 14.2. The van der Waals surface area contributed by atoms with Gasteiger partial charge in [0.2, 0.25) is 21.8 Å². The molecule has 3 rings (SSSR count). The van der Waals surface area contributed by atoms with Gasteiger partial charge in [0, 0.05) is 0 Å². The first-order valence-corrected chi connectivity index (χ1v) is 10.9. The number of rotatable bonds is 8. The van der Waals surface area contributed by atoms with E-state index in [0.29, 0.717) is 17.9 Å². The predicted molar refractivity (Wildman–Crippen MR) is 111 cm³/mol. The molecule has 0 radical (unpaired) electrons. The summed E-state index contributed by atoms with van der Waals surface area (Å²) in [7, 11) is -4.16. The number of carboxylic acid groups (broad SMARTS) is 1. The lowest BCUT2D eigenvalue weighted by Crippen LogP contribution is -2.30. The Morgan fingerprint density at radius 1 is 1.10 bits per heavy atom. The Labute approximate surface area is 178 Å². The van der Waals surface area contributed by atoms with Crippen molar-refractivity contribution in [1.29, 1.82) is 0 Å². The number of aliphatic carboxylic acids is 1. The van der Waals surface area contributed by atoms with Crippen LogP contribution in [-0.4, -0.2) is 37.9 Å². The zero-order valence-electron chi connectivity index (χ0n) is 16.5. The lowest BCUT2D eigenvalue weighted by Gasteiger charge is -2.19. The van der Waals surface area contributed by atoms with Crippen molar-refractivity contribution in [2.24, 2.45) is 0 Å². The third-order valence-corrected chi connectivity index (χ3v) is 5.91. The van der Waals surface area contributed by atoms with Crippen LogP contribution in [0.25, 0.3) is 0 Å². The molecule has 0 saturated carbocycles. The Morgan fingerprint density at radius 2 is 1.74 bits per heavy atom. The summed E-state index contributed by atoms with van der Waals surface area (Å²) in [6, 6.07) is 9.22. The number of fused-ring (bicyclic) bond motifs is 1. The molecule has 0 bridgehead atoms. The van der Waals surface area contributed by atoms with Gasteiger partial charge in [0.25, 0.3) is 0 Å². The van der Waals surface area contributed by atoms with Crippen molar-refractivity contribution >= 4 is 39.2 Å². The maximum atomic E-state index is 13.0. The minimum atomic E-state index is -4.16. The monoisotopic (exact) mass is 447 g/mol. The summed E-state index contributed by atoms with van der Waals surface area (Å²) in [5.41, 5.74) is 0.850. The third kappa shape index (κ3) is 5.58. The summed E-state index contributed by atoms with van der Waals surface area (Å²) >= 11 is 0. The van der Waals surface area contributed by atoms with Crippen LogP contribution in [0.15, 0.2) is 47.4 Å². The second-order valence-electron chi connectivity index (χ2n) is 6.75. The van der Waals surface area contributed by atoms with Crippen LogP contribution >= 0.6 is 0 Å². The fourth-order valence-corrected chi connectivity index (χ4v) is 4.31. The van der Waals surface area contributed by atoms with Crippen molar-refractivity contribution in [3.63, 3.8) is 0 Å². The van der Waals surface area contributed by atoms with Crippen LogP contribution in [0.5, 0.6) is 5.75 Å². The molecule has 1 heterocycles. The van der Waals surface area contributed by atoms with Gasteiger partial charge in [-0.25, -0.2) is 13.1 Å². The van der Waals surface area contributed by atoms with Crippen LogP contribution in [0, 0.1) is 0 Å². The highest BCUT2D eigenvalue weighted by Gasteiger charge is 2.26. The van der Waals surface area contributed by atoms with Crippen molar-refractivity contribution in [3.05, 3.63) is 48.0 Å². The summed E-state index contributed by atoms with van der Waals surface area (Å²) in [5.74, 6) is -1.69. The van der Waals surface area contributed by atoms with E-state index in [0.717, 1.165) is 0 Å². The van der Waals surface area contributed by atoms with E-state index in [1.165, 1.54) is 18.2 Å². The highest BCUT2D eigenvalue weighted by molar-refractivity contribution is 7.89. The number of carboxylic acids is 1. The quantitative estimate of drug-likeness (QED) is 0.451. The van der Waals surface area contributed by atoms with Crippen molar-refractivity contribution in [2.75, 3.05) is 17.2 Å². The number of amides is 2. The first-order chi connectivity index (χ1) is 14.7. The number of hydrogen-bond acceptors (Lipinski definition) is 6. The molecule has 2 amide bonds. The number of benzene rings is 2. The molecule has 11 heteroatoms. The zero-order valence-corrected chi connectivity index (χ0v) is 17.4. The molecule has 2 aromatic rings. The van der Waals surface area contributed by atoms with Crippen molar-refractivity contribution in [2.45, 2.75) is 30.7 Å². The highest BCUT2D eigenvalue weighted by atomic mass is 32.2. The van der Waals surface area contributed by atoms with Gasteiger partial charge in [-0.15, -0.1) is 0 Å². The number of carbonyl (C=O) groups excluding carboxylic acids is 2. The molecule has 1 aliphatic rings. The Bertz CT molecular complexity index is 1110. The van der Waals surface area contributed by atoms with Gasteiger partial charge >= 0.3 is 5.97 Å². The smallest absolute Gasteiger partial charge is 0.305 e. The molecule has 0 aromatic heterocycles. The third-order valence-electron chi connectivity index (χ3n) is 4.44. The minimum Gasteiger partial charge on any atom is -0.494 e. The number of hydrogen-bond donors (Lipinski definition) is 4. The first-order valence-electron chi connectivity index (χ1n) is 9.38. The highest BCUT2D eigenvalue weighted by Crippen LogP contribution is 2.29. The molecular formula is C20H21N3O7S. The average molecular weight is 447 g/mol. The Morgan fingerprint density at radius 3 is 2.35 bits per heavy atom. The van der Waals surface area contributed by atoms with E-state index < -0.39 is 40.3 Å². The molecule has 1 aliphatic heterocycles. The molecule has 2 aromatic carbocycles. The van der Waals surface area contributed by atoms with Gasteiger partial charge in [-0.3, -0.25) is 14.4 Å². The zero-order chi connectivity index (χ0) is 22.6. The van der Waals surface area contributed by atoms with Gasteiger partial charge in [-0.1, -0.05) is 12.1 Å². The lowest BCUT2D eigenvalue weighted by atomic mass is 10.0. The van der Waals surface area contributed by atoms with Crippen LogP contribution in [0.3, 0.4) is 0 Å². The fourth-order valence-electron chi connectivity index (χ4n) is 3.06. The van der Waals surface area contributed by atoms with Crippen LogP contribution in [0.1, 0.15) is 31.4 Å². The van der Waals surface area contributed by atoms with Crippen LogP contribution in [0.2, 0.25) is 0 Å². The molecule has 1 unspecified atom stereocenters. The number of sulfonamides is 1. The van der Waals surface area contributed by atoms with Crippen LogP contribution < -0.4 is 20.1 Å². The molecule has 31 heavy (non-hydrogen) atoms. The molecular weight excluding hydrogens is 426 g/mol. The van der Waals surface area contributed by atoms with Crippen LogP contribution in [-0.2, 0) is 24.4 Å². The number of carbonyl (C=O) groups is 3. The van der Waals surface area contributed by atoms with E-state index >= 15 is 0 Å². The second kappa shape index (κ2) is 9.14. The number of nitrogens with one attached hydrogen (secondary N) is 3. The standard InChI is InChI=1S/C20H21N3O7S/c1-2-30-13-5-3-12(4-6-13)16(10-20(26)27)23-31(28,29)14-7-8-15-17(9-14)22-19(25)11-18(24)21-15/h3-9,16,23H,2,10-11H2,1H3,(H,21,24)(H,22,25)(H,26,27). The molecule has 0 aliphatic carbocycles. The summed E-state index contributed by atoms with van der Waals surface area (Å²) in [4.78, 5) is 34.5. The van der Waals surface area contributed by atoms with E-state index in [2.05, 4.69) is 15.4 Å². The average Bonchev–Trinajstić information content (AvgIpc) is 2.83. The van der Waals surface area contributed by atoms with E-state index in [9.17, 15) is 27.9 Å². The maximum Gasteiger partial charge on any atom is 0.305 e. The SMILES string of the molecule is CCOc1ccc(C(CC(=O)O)NS(=O)(=O)c2ccc3c(c2)NC(=O)CC(=O)N3)cc1. The molecule has 0 saturated heterocycles. The van der Waals surface area contributed by atoms with E-state index in [-0.39, 0.29) is 22.7 Å². The van der Waals surface area contributed by atoms with Gasteiger partial charge < -0.3 is 20.5 Å². The minimum absolute atomic E-state index is 0.134. The molecule has 10 nitrogen and oxygen atoms in total. The first kappa shape index (κ1) is 22.2. The molecule has 0 fully saturated rings. The largest absolute Gasteiger partial charge is 0.494 e. The van der Waals surface area contributed by atoms with Crippen molar-refractivity contribution in [1.82, 2.24) is 4.72 Å². The van der Waals surface area contributed by atoms with Crippen molar-refractivity contribution < 1.29 is 32.6 Å². The van der Waals surface area contributed by atoms with Gasteiger partial charge in [0.1, 0.15) is 12.2 Å². The van der Waals surface area contributed by atoms with Gasteiger partial charge in [-0.2, -0.15) is 0 Å². The Balaban J connectivity index is 1.89. The Kier molecular flexibility index (Phi) is 6.56. The maximum absolute atomic E-state index is 13.0. The van der Waals surface area contributed by atoms with Crippen molar-refractivity contribution in [3.8, 4) is 5.75 Å². The van der Waals surface area contributed by atoms with E-state index in [1.54, 1.807) is 24.3 Å². The van der Waals surface area contributed by atoms with Gasteiger partial charge in [0.15, 0.2) is 0 Å².